The molecule has 0 spiro atoms. The first-order chi connectivity index (χ1) is 17.0. The van der Waals surface area contributed by atoms with Gasteiger partial charge >= 0.3 is 0 Å². The van der Waals surface area contributed by atoms with Crippen LogP contribution >= 0.6 is 22.9 Å². The predicted octanol–water partition coefficient (Wildman–Crippen LogP) is 5.39. The number of carbonyl (C=O) groups is 1. The van der Waals surface area contributed by atoms with E-state index in [0.29, 0.717) is 40.7 Å². The molecule has 180 valence electrons. The Bertz CT molecular complexity index is 1340. The van der Waals surface area contributed by atoms with Gasteiger partial charge in [0, 0.05) is 42.7 Å². The molecule has 3 heterocycles. The molecule has 5 rings (SSSR count). The van der Waals surface area contributed by atoms with E-state index < -0.39 is 0 Å². The Hall–Kier alpha value is -3.20. The SMILES string of the molecule is COc1cccc(-c2csc(CN3CCN(C(=O)c4c(-c5ccccc5Cl)noc4C)CC3)n2)c1. The minimum absolute atomic E-state index is 0.0760. The first-order valence-electron chi connectivity index (χ1n) is 11.3. The van der Waals surface area contributed by atoms with Gasteiger partial charge in [-0.05, 0) is 25.1 Å². The van der Waals surface area contributed by atoms with E-state index in [1.807, 2.05) is 47.4 Å². The molecular weight excluding hydrogens is 484 g/mol. The summed E-state index contributed by atoms with van der Waals surface area (Å²) in [4.78, 5) is 22.4. The van der Waals surface area contributed by atoms with Crippen LogP contribution in [0.15, 0.2) is 58.4 Å². The molecule has 1 saturated heterocycles. The van der Waals surface area contributed by atoms with Crippen LogP contribution in [0.4, 0.5) is 0 Å². The second-order valence-electron chi connectivity index (χ2n) is 8.37. The molecule has 1 aliphatic rings. The number of thiazole rings is 1. The van der Waals surface area contributed by atoms with Gasteiger partial charge in [0.2, 0.25) is 0 Å². The fourth-order valence-corrected chi connectivity index (χ4v) is 5.29. The van der Waals surface area contributed by atoms with Gasteiger partial charge in [-0.25, -0.2) is 4.98 Å². The Balaban J connectivity index is 1.23. The normalized spacial score (nSPS) is 14.3. The summed E-state index contributed by atoms with van der Waals surface area (Å²) < 4.78 is 10.7. The van der Waals surface area contributed by atoms with Crippen molar-refractivity contribution in [2.24, 2.45) is 0 Å². The number of hydrogen-bond donors (Lipinski definition) is 0. The molecule has 4 aromatic rings. The summed E-state index contributed by atoms with van der Waals surface area (Å²) in [6.07, 6.45) is 0. The Morgan fingerprint density at radius 1 is 1.14 bits per heavy atom. The molecule has 0 unspecified atom stereocenters. The lowest BCUT2D eigenvalue weighted by Gasteiger charge is -2.34. The summed E-state index contributed by atoms with van der Waals surface area (Å²) in [7, 11) is 1.66. The molecule has 0 aliphatic carbocycles. The lowest BCUT2D eigenvalue weighted by atomic mass is 10.0. The minimum Gasteiger partial charge on any atom is -0.497 e. The molecule has 1 fully saturated rings. The Morgan fingerprint density at radius 2 is 1.94 bits per heavy atom. The number of aromatic nitrogens is 2. The number of halogens is 1. The van der Waals surface area contributed by atoms with Gasteiger partial charge in [-0.1, -0.05) is 47.1 Å². The summed E-state index contributed by atoms with van der Waals surface area (Å²) in [6, 6.07) is 15.3. The number of ether oxygens (including phenoxy) is 1. The summed E-state index contributed by atoms with van der Waals surface area (Å²) in [5.41, 5.74) is 3.67. The number of rotatable bonds is 6. The molecule has 0 N–H and O–H groups in total. The lowest BCUT2D eigenvalue weighted by Crippen LogP contribution is -2.48. The van der Waals surface area contributed by atoms with E-state index in [1.54, 1.807) is 31.4 Å². The number of benzene rings is 2. The van der Waals surface area contributed by atoms with Crippen LogP contribution in [0.5, 0.6) is 5.75 Å². The first kappa shape index (κ1) is 23.5. The van der Waals surface area contributed by atoms with Gasteiger partial charge < -0.3 is 14.2 Å². The van der Waals surface area contributed by atoms with E-state index >= 15 is 0 Å². The lowest BCUT2D eigenvalue weighted by molar-refractivity contribution is 0.0627. The second-order valence-corrected chi connectivity index (χ2v) is 9.72. The fraction of sp³-hybridized carbons (Fsp3) is 0.269. The monoisotopic (exact) mass is 508 g/mol. The highest BCUT2D eigenvalue weighted by molar-refractivity contribution is 7.09. The van der Waals surface area contributed by atoms with Crippen LogP contribution in [0.2, 0.25) is 5.02 Å². The average molecular weight is 509 g/mol. The molecule has 0 radical (unpaired) electrons. The number of amides is 1. The maximum absolute atomic E-state index is 13.4. The van der Waals surface area contributed by atoms with E-state index in [4.69, 9.17) is 25.8 Å². The van der Waals surface area contributed by atoms with E-state index in [-0.39, 0.29) is 5.91 Å². The largest absolute Gasteiger partial charge is 0.497 e. The maximum Gasteiger partial charge on any atom is 0.259 e. The van der Waals surface area contributed by atoms with Crippen LogP contribution in [0, 0.1) is 6.92 Å². The molecule has 1 aliphatic heterocycles. The number of hydrogen-bond acceptors (Lipinski definition) is 7. The van der Waals surface area contributed by atoms with Crippen LogP contribution < -0.4 is 4.74 Å². The fourth-order valence-electron chi connectivity index (χ4n) is 4.22. The predicted molar refractivity (Wildman–Crippen MR) is 137 cm³/mol. The number of nitrogens with zero attached hydrogens (tertiary/aromatic N) is 4. The van der Waals surface area contributed by atoms with Crippen LogP contribution in [0.25, 0.3) is 22.5 Å². The third kappa shape index (κ3) is 4.96. The topological polar surface area (TPSA) is 71.7 Å². The second kappa shape index (κ2) is 10.2. The van der Waals surface area contributed by atoms with Gasteiger partial charge in [-0.15, -0.1) is 11.3 Å². The third-order valence-electron chi connectivity index (χ3n) is 6.14. The minimum atomic E-state index is -0.0760. The summed E-state index contributed by atoms with van der Waals surface area (Å²) in [6.45, 7) is 5.31. The molecule has 0 saturated carbocycles. The van der Waals surface area contributed by atoms with Gasteiger partial charge in [0.05, 0.1) is 24.4 Å². The average Bonchev–Trinajstić information content (AvgIpc) is 3.51. The van der Waals surface area contributed by atoms with Crippen molar-refractivity contribution in [3.05, 3.63) is 75.3 Å². The first-order valence-corrected chi connectivity index (χ1v) is 12.6. The number of carbonyl (C=O) groups excluding carboxylic acids is 1. The van der Waals surface area contributed by atoms with Gasteiger partial charge in [-0.3, -0.25) is 9.69 Å². The quantitative estimate of drug-likeness (QED) is 0.347. The van der Waals surface area contributed by atoms with Crippen LogP contribution in [0.3, 0.4) is 0 Å². The molecule has 0 atom stereocenters. The van der Waals surface area contributed by atoms with Crippen molar-refractivity contribution < 1.29 is 14.1 Å². The van der Waals surface area contributed by atoms with Crippen molar-refractivity contribution in [1.82, 2.24) is 19.9 Å². The maximum atomic E-state index is 13.4. The Kier molecular flexibility index (Phi) is 6.86. The molecular formula is C26H25ClN4O3S. The molecule has 1 amide bonds. The van der Waals surface area contributed by atoms with Crippen molar-refractivity contribution in [2.45, 2.75) is 13.5 Å². The summed E-state index contributed by atoms with van der Waals surface area (Å²) in [5.74, 6) is 1.24. The zero-order valence-electron chi connectivity index (χ0n) is 19.5. The van der Waals surface area contributed by atoms with E-state index in [0.717, 1.165) is 41.6 Å². The number of piperazine rings is 1. The zero-order chi connectivity index (χ0) is 24.4. The van der Waals surface area contributed by atoms with Crippen molar-refractivity contribution in [3.63, 3.8) is 0 Å². The molecule has 2 aromatic carbocycles. The highest BCUT2D eigenvalue weighted by atomic mass is 35.5. The third-order valence-corrected chi connectivity index (χ3v) is 7.30. The smallest absolute Gasteiger partial charge is 0.259 e. The Labute approximate surface area is 212 Å². The van der Waals surface area contributed by atoms with Gasteiger partial charge in [0.25, 0.3) is 5.91 Å². The van der Waals surface area contributed by atoms with Crippen molar-refractivity contribution in [1.29, 1.82) is 0 Å². The summed E-state index contributed by atoms with van der Waals surface area (Å²) in [5, 5.41) is 7.81. The number of aryl methyl sites for hydroxylation is 1. The van der Waals surface area contributed by atoms with Crippen molar-refractivity contribution >= 4 is 28.8 Å². The van der Waals surface area contributed by atoms with Crippen LogP contribution in [-0.4, -0.2) is 59.1 Å². The highest BCUT2D eigenvalue weighted by Crippen LogP contribution is 2.32. The molecule has 35 heavy (non-hydrogen) atoms. The van der Waals surface area contributed by atoms with Crippen molar-refractivity contribution in [2.75, 3.05) is 33.3 Å². The summed E-state index contributed by atoms with van der Waals surface area (Å²) >= 11 is 8.01. The van der Waals surface area contributed by atoms with Crippen LogP contribution in [0.1, 0.15) is 21.1 Å². The van der Waals surface area contributed by atoms with E-state index in [2.05, 4.69) is 15.4 Å². The van der Waals surface area contributed by atoms with E-state index in [1.165, 1.54) is 0 Å². The van der Waals surface area contributed by atoms with Crippen molar-refractivity contribution in [3.8, 4) is 28.3 Å². The molecule has 7 nitrogen and oxygen atoms in total. The van der Waals surface area contributed by atoms with Gasteiger partial charge in [-0.2, -0.15) is 0 Å². The van der Waals surface area contributed by atoms with E-state index in [9.17, 15) is 4.79 Å². The number of methoxy groups -OCH3 is 1. The molecule has 0 bridgehead atoms. The highest BCUT2D eigenvalue weighted by Gasteiger charge is 2.29. The standard InChI is InChI=1S/C26H25ClN4O3S/c1-17-24(25(29-34-17)20-8-3-4-9-21(20)27)26(32)31-12-10-30(11-13-31)15-23-28-22(16-35-23)18-6-5-7-19(14-18)33-2/h3-9,14,16H,10-13,15H2,1-2H3. The molecule has 9 heteroatoms. The molecule has 2 aromatic heterocycles. The zero-order valence-corrected chi connectivity index (χ0v) is 21.1. The Morgan fingerprint density at radius 3 is 2.71 bits per heavy atom. The van der Waals surface area contributed by atoms with Crippen LogP contribution in [-0.2, 0) is 6.54 Å². The van der Waals surface area contributed by atoms with Gasteiger partial charge in [0.15, 0.2) is 0 Å². The van der Waals surface area contributed by atoms with Gasteiger partial charge in [0.1, 0.15) is 27.8 Å².